The molecule has 1 aromatic carbocycles. The molecule has 1 amide bonds. The maximum Gasteiger partial charge on any atom is 0.290 e. The number of benzene rings is 1. The van der Waals surface area contributed by atoms with Crippen LogP contribution < -0.4 is 0 Å². The molecule has 0 aliphatic heterocycles. The molecule has 0 unspecified atom stereocenters. The van der Waals surface area contributed by atoms with Gasteiger partial charge in [-0.25, -0.2) is 0 Å². The molecule has 3 aromatic rings. The number of amides is 1. The van der Waals surface area contributed by atoms with Crippen LogP contribution in [0.25, 0.3) is 0 Å². The zero-order chi connectivity index (χ0) is 15.2. The van der Waals surface area contributed by atoms with Crippen LogP contribution >= 0.6 is 12.4 Å². The van der Waals surface area contributed by atoms with Gasteiger partial charge in [0, 0.05) is 12.7 Å². The van der Waals surface area contributed by atoms with E-state index in [1.165, 1.54) is 6.26 Å². The second kappa shape index (κ2) is 8.15. The minimum Gasteiger partial charge on any atom is -0.459 e. The molecule has 4 nitrogen and oxygen atoms in total. The molecule has 0 fully saturated rings. The lowest BCUT2D eigenvalue weighted by atomic mass is 10.2. The Hall–Kier alpha value is -2.59. The lowest BCUT2D eigenvalue weighted by molar-refractivity contribution is 0.0695. The Kier molecular flexibility index (Phi) is 5.94. The smallest absolute Gasteiger partial charge is 0.290 e. The average molecular weight is 329 g/mol. The van der Waals surface area contributed by atoms with E-state index in [0.29, 0.717) is 18.8 Å². The number of carbonyl (C=O) groups excluding carboxylic acids is 1. The fraction of sp³-hybridized carbons (Fsp3) is 0.111. The van der Waals surface area contributed by atoms with Gasteiger partial charge in [0.2, 0.25) is 0 Å². The molecule has 0 N–H and O–H groups in total. The first-order valence-electron chi connectivity index (χ1n) is 7.09. The van der Waals surface area contributed by atoms with Gasteiger partial charge in [0.15, 0.2) is 5.76 Å². The van der Waals surface area contributed by atoms with Gasteiger partial charge in [0.05, 0.1) is 18.5 Å². The van der Waals surface area contributed by atoms with Crippen molar-refractivity contribution < 1.29 is 9.21 Å². The molecule has 2 aromatic heterocycles. The molecule has 0 aliphatic rings. The van der Waals surface area contributed by atoms with Crippen molar-refractivity contribution in [1.29, 1.82) is 0 Å². The molecule has 0 atom stereocenters. The van der Waals surface area contributed by atoms with Gasteiger partial charge in [-0.15, -0.1) is 12.4 Å². The molecule has 0 saturated heterocycles. The summed E-state index contributed by atoms with van der Waals surface area (Å²) in [6.07, 6.45) is 3.24. The second-order valence-electron chi connectivity index (χ2n) is 4.95. The van der Waals surface area contributed by atoms with Crippen molar-refractivity contribution >= 4 is 18.3 Å². The molecule has 0 saturated carbocycles. The van der Waals surface area contributed by atoms with Gasteiger partial charge in [-0.3, -0.25) is 9.78 Å². The third kappa shape index (κ3) is 4.44. The number of furan rings is 1. The molecule has 3 rings (SSSR count). The third-order valence-corrected chi connectivity index (χ3v) is 3.31. The van der Waals surface area contributed by atoms with Gasteiger partial charge in [0.1, 0.15) is 0 Å². The van der Waals surface area contributed by atoms with Crippen LogP contribution in [0.5, 0.6) is 0 Å². The zero-order valence-electron chi connectivity index (χ0n) is 12.5. The standard InChI is InChI=1S/C18H16N2O2.ClH/c21-18(17-10-6-12-22-17)20(13-15-7-2-1-3-8-15)14-16-9-4-5-11-19-16;/h1-12H,13-14H2;1H. The van der Waals surface area contributed by atoms with Crippen molar-refractivity contribution in [2.75, 3.05) is 0 Å². The molecule has 2 heterocycles. The molecular weight excluding hydrogens is 312 g/mol. The Labute approximate surface area is 141 Å². The van der Waals surface area contributed by atoms with E-state index in [-0.39, 0.29) is 18.3 Å². The van der Waals surface area contributed by atoms with Crippen molar-refractivity contribution in [3.05, 3.63) is 90.1 Å². The van der Waals surface area contributed by atoms with Gasteiger partial charge in [-0.2, -0.15) is 0 Å². The Bertz CT molecular complexity index is 674. The first-order valence-corrected chi connectivity index (χ1v) is 7.09. The topological polar surface area (TPSA) is 46.3 Å². The van der Waals surface area contributed by atoms with E-state index in [1.807, 2.05) is 48.5 Å². The fourth-order valence-electron chi connectivity index (χ4n) is 2.25. The minimum absolute atomic E-state index is 0. The van der Waals surface area contributed by atoms with E-state index in [4.69, 9.17) is 4.42 Å². The first-order chi connectivity index (χ1) is 10.8. The number of carbonyl (C=O) groups is 1. The fourth-order valence-corrected chi connectivity index (χ4v) is 2.25. The van der Waals surface area contributed by atoms with Crippen molar-refractivity contribution in [3.63, 3.8) is 0 Å². The Balaban J connectivity index is 0.00000192. The summed E-state index contributed by atoms with van der Waals surface area (Å²) in [5, 5.41) is 0. The number of hydrogen-bond acceptors (Lipinski definition) is 3. The summed E-state index contributed by atoms with van der Waals surface area (Å²) in [4.78, 5) is 18.7. The minimum atomic E-state index is -0.139. The first kappa shape index (κ1) is 16.8. The summed E-state index contributed by atoms with van der Waals surface area (Å²) in [6, 6.07) is 19.0. The molecule has 0 aliphatic carbocycles. The number of rotatable bonds is 5. The Morgan fingerprint density at radius 3 is 2.39 bits per heavy atom. The summed E-state index contributed by atoms with van der Waals surface area (Å²) in [5.74, 6) is 0.200. The summed E-state index contributed by atoms with van der Waals surface area (Å²) in [5.41, 5.74) is 1.91. The van der Waals surface area contributed by atoms with E-state index >= 15 is 0 Å². The summed E-state index contributed by atoms with van der Waals surface area (Å²) in [7, 11) is 0. The SMILES string of the molecule is Cl.O=C(c1ccco1)N(Cc1ccccc1)Cc1ccccn1. The second-order valence-corrected chi connectivity index (χ2v) is 4.95. The predicted octanol–water partition coefficient (Wildman–Crippen LogP) is 3.94. The molecule has 23 heavy (non-hydrogen) atoms. The van der Waals surface area contributed by atoms with Crippen molar-refractivity contribution in [2.24, 2.45) is 0 Å². The number of hydrogen-bond donors (Lipinski definition) is 0. The van der Waals surface area contributed by atoms with E-state index < -0.39 is 0 Å². The van der Waals surface area contributed by atoms with Gasteiger partial charge >= 0.3 is 0 Å². The van der Waals surface area contributed by atoms with Crippen LogP contribution in [-0.2, 0) is 13.1 Å². The van der Waals surface area contributed by atoms with Crippen LogP contribution in [0.4, 0.5) is 0 Å². The third-order valence-electron chi connectivity index (χ3n) is 3.31. The van der Waals surface area contributed by atoms with Crippen LogP contribution in [0.3, 0.4) is 0 Å². The van der Waals surface area contributed by atoms with Crippen LogP contribution in [0.2, 0.25) is 0 Å². The molecular formula is C18H17ClN2O2. The van der Waals surface area contributed by atoms with Gasteiger partial charge in [-0.1, -0.05) is 36.4 Å². The van der Waals surface area contributed by atoms with Gasteiger partial charge in [0.25, 0.3) is 5.91 Å². The largest absolute Gasteiger partial charge is 0.459 e. The lowest BCUT2D eigenvalue weighted by Gasteiger charge is -2.21. The molecule has 118 valence electrons. The number of aromatic nitrogens is 1. The number of nitrogens with zero attached hydrogens (tertiary/aromatic N) is 2. The van der Waals surface area contributed by atoms with E-state index in [1.54, 1.807) is 23.2 Å². The van der Waals surface area contributed by atoms with E-state index in [2.05, 4.69) is 4.98 Å². The van der Waals surface area contributed by atoms with Crippen LogP contribution in [0.1, 0.15) is 21.8 Å². The van der Waals surface area contributed by atoms with Crippen LogP contribution in [0, 0.1) is 0 Å². The zero-order valence-corrected chi connectivity index (χ0v) is 13.3. The Morgan fingerprint density at radius 2 is 1.74 bits per heavy atom. The van der Waals surface area contributed by atoms with Crippen molar-refractivity contribution in [3.8, 4) is 0 Å². The van der Waals surface area contributed by atoms with Gasteiger partial charge < -0.3 is 9.32 Å². The quantitative estimate of drug-likeness (QED) is 0.712. The highest BCUT2D eigenvalue weighted by Gasteiger charge is 2.19. The molecule has 0 spiro atoms. The maximum atomic E-state index is 12.6. The molecule has 0 bridgehead atoms. The van der Waals surface area contributed by atoms with E-state index in [9.17, 15) is 4.79 Å². The van der Waals surface area contributed by atoms with E-state index in [0.717, 1.165) is 11.3 Å². The van der Waals surface area contributed by atoms with Gasteiger partial charge in [-0.05, 0) is 29.8 Å². The van der Waals surface area contributed by atoms with Crippen molar-refractivity contribution in [1.82, 2.24) is 9.88 Å². The summed E-state index contributed by atoms with van der Waals surface area (Å²) >= 11 is 0. The average Bonchev–Trinajstić information content (AvgIpc) is 3.10. The highest BCUT2D eigenvalue weighted by Crippen LogP contribution is 2.13. The highest BCUT2D eigenvalue weighted by molar-refractivity contribution is 5.91. The van der Waals surface area contributed by atoms with Crippen LogP contribution in [-0.4, -0.2) is 15.8 Å². The number of halogens is 1. The predicted molar refractivity (Wildman–Crippen MR) is 90.2 cm³/mol. The summed E-state index contributed by atoms with van der Waals surface area (Å²) < 4.78 is 5.24. The Morgan fingerprint density at radius 1 is 0.957 bits per heavy atom. The molecule has 5 heteroatoms. The van der Waals surface area contributed by atoms with Crippen LogP contribution in [0.15, 0.2) is 77.5 Å². The molecule has 0 radical (unpaired) electrons. The normalized spacial score (nSPS) is 9.91. The highest BCUT2D eigenvalue weighted by atomic mass is 35.5. The monoisotopic (exact) mass is 328 g/mol. The summed E-state index contributed by atoms with van der Waals surface area (Å²) in [6.45, 7) is 0.951. The number of pyridine rings is 1. The lowest BCUT2D eigenvalue weighted by Crippen LogP contribution is -2.30. The van der Waals surface area contributed by atoms with Crippen molar-refractivity contribution in [2.45, 2.75) is 13.1 Å². The maximum absolute atomic E-state index is 12.6.